The van der Waals surface area contributed by atoms with Crippen LogP contribution in [-0.4, -0.2) is 19.6 Å². The van der Waals surface area contributed by atoms with Gasteiger partial charge in [0.25, 0.3) is 5.91 Å². The van der Waals surface area contributed by atoms with Crippen molar-refractivity contribution in [2.24, 2.45) is 0 Å². The van der Waals surface area contributed by atoms with Crippen molar-refractivity contribution in [3.05, 3.63) is 96.1 Å². The fourth-order valence-corrected chi connectivity index (χ4v) is 3.56. The quantitative estimate of drug-likeness (QED) is 0.370. The van der Waals surface area contributed by atoms with Crippen molar-refractivity contribution in [3.63, 3.8) is 0 Å². The molecule has 0 saturated carbocycles. The number of hydrogen-bond donors (Lipinski definition) is 1. The molecule has 4 rings (SSSR count). The van der Waals surface area contributed by atoms with Crippen LogP contribution < -0.4 is 19.5 Å². The van der Waals surface area contributed by atoms with Crippen LogP contribution in [0.5, 0.6) is 17.2 Å². The van der Waals surface area contributed by atoms with Crippen LogP contribution in [0.2, 0.25) is 0 Å². The van der Waals surface area contributed by atoms with Crippen LogP contribution in [-0.2, 0) is 6.61 Å². The Labute approximate surface area is 187 Å². The van der Waals surface area contributed by atoms with Crippen LogP contribution in [0.15, 0.2) is 84.9 Å². The van der Waals surface area contributed by atoms with E-state index < -0.39 is 0 Å². The lowest BCUT2D eigenvalue weighted by Crippen LogP contribution is -2.14. The highest BCUT2D eigenvalue weighted by molar-refractivity contribution is 6.05. The second-order valence-corrected chi connectivity index (χ2v) is 7.18. The largest absolute Gasteiger partial charge is 0.496 e. The number of fused-ring (bicyclic) bond motifs is 1. The highest BCUT2D eigenvalue weighted by Crippen LogP contribution is 2.29. The third kappa shape index (κ3) is 4.67. The molecule has 1 amide bonds. The Kier molecular flexibility index (Phi) is 6.56. The Morgan fingerprint density at radius 2 is 1.56 bits per heavy atom. The first-order valence-corrected chi connectivity index (χ1v) is 10.5. The predicted octanol–water partition coefficient (Wildman–Crippen LogP) is 6.08. The second kappa shape index (κ2) is 9.88. The van der Waals surface area contributed by atoms with Gasteiger partial charge in [-0.05, 0) is 48.7 Å². The van der Waals surface area contributed by atoms with E-state index in [1.54, 1.807) is 25.3 Å². The van der Waals surface area contributed by atoms with Gasteiger partial charge < -0.3 is 19.5 Å². The lowest BCUT2D eigenvalue weighted by Gasteiger charge is -2.14. The zero-order chi connectivity index (χ0) is 22.3. The Morgan fingerprint density at radius 3 is 2.41 bits per heavy atom. The maximum Gasteiger partial charge on any atom is 0.255 e. The summed E-state index contributed by atoms with van der Waals surface area (Å²) in [5.41, 5.74) is 1.92. The molecule has 0 aliphatic rings. The van der Waals surface area contributed by atoms with Crippen LogP contribution in [0, 0.1) is 0 Å². The summed E-state index contributed by atoms with van der Waals surface area (Å²) in [6, 6.07) is 26.7. The molecule has 0 spiro atoms. The van der Waals surface area contributed by atoms with Crippen LogP contribution in [0.3, 0.4) is 0 Å². The van der Waals surface area contributed by atoms with E-state index in [2.05, 4.69) is 5.32 Å². The van der Waals surface area contributed by atoms with Gasteiger partial charge in [0.2, 0.25) is 0 Å². The molecule has 0 aliphatic heterocycles. The van der Waals surface area contributed by atoms with Crippen molar-refractivity contribution in [1.29, 1.82) is 0 Å². The van der Waals surface area contributed by atoms with Crippen molar-refractivity contribution in [2.45, 2.75) is 13.5 Å². The summed E-state index contributed by atoms with van der Waals surface area (Å²) in [4.78, 5) is 12.9. The number of benzene rings is 4. The molecule has 4 aromatic carbocycles. The number of carbonyl (C=O) groups excluding carboxylic acids is 1. The van der Waals surface area contributed by atoms with E-state index in [9.17, 15) is 4.79 Å². The first-order chi connectivity index (χ1) is 15.7. The standard InChI is InChI=1S/C27H25NO4/c1-3-31-26-13-7-6-12-23(26)28-27(29)20-15-16-24(30-2)21(17-20)18-32-25-14-8-10-19-9-4-5-11-22(19)25/h4-17H,3,18H2,1-2H3,(H,28,29). The van der Waals surface area contributed by atoms with Crippen molar-refractivity contribution in [3.8, 4) is 17.2 Å². The number of anilines is 1. The highest BCUT2D eigenvalue weighted by Gasteiger charge is 2.14. The van der Waals surface area contributed by atoms with Gasteiger partial charge in [-0.2, -0.15) is 0 Å². The Morgan fingerprint density at radius 1 is 0.812 bits per heavy atom. The van der Waals surface area contributed by atoms with E-state index in [-0.39, 0.29) is 12.5 Å². The highest BCUT2D eigenvalue weighted by atomic mass is 16.5. The van der Waals surface area contributed by atoms with Crippen molar-refractivity contribution in [2.75, 3.05) is 19.0 Å². The SMILES string of the molecule is CCOc1ccccc1NC(=O)c1ccc(OC)c(COc2cccc3ccccc23)c1. The third-order valence-electron chi connectivity index (χ3n) is 5.11. The fourth-order valence-electron chi connectivity index (χ4n) is 3.56. The molecule has 5 nitrogen and oxygen atoms in total. The van der Waals surface area contributed by atoms with Gasteiger partial charge in [0, 0.05) is 16.5 Å². The molecule has 0 bridgehead atoms. The molecule has 162 valence electrons. The third-order valence-corrected chi connectivity index (χ3v) is 5.11. The van der Waals surface area contributed by atoms with E-state index in [0.29, 0.717) is 29.4 Å². The zero-order valence-corrected chi connectivity index (χ0v) is 18.1. The molecule has 4 aromatic rings. The number of hydrogen-bond acceptors (Lipinski definition) is 4. The molecule has 0 unspecified atom stereocenters. The molecule has 0 heterocycles. The Balaban J connectivity index is 1.55. The molecule has 32 heavy (non-hydrogen) atoms. The van der Waals surface area contributed by atoms with E-state index in [4.69, 9.17) is 14.2 Å². The first kappa shape index (κ1) is 21.2. The molecule has 5 heteroatoms. The lowest BCUT2D eigenvalue weighted by atomic mass is 10.1. The van der Waals surface area contributed by atoms with Gasteiger partial charge in [0.1, 0.15) is 23.9 Å². The average molecular weight is 428 g/mol. The monoisotopic (exact) mass is 427 g/mol. The molecular formula is C27H25NO4. The van der Waals surface area contributed by atoms with Gasteiger partial charge in [0.05, 0.1) is 19.4 Å². The van der Waals surface area contributed by atoms with Crippen LogP contribution in [0.1, 0.15) is 22.8 Å². The van der Waals surface area contributed by atoms with E-state index in [1.807, 2.05) is 73.7 Å². The number of carbonyl (C=O) groups is 1. The van der Waals surface area contributed by atoms with Crippen molar-refractivity contribution in [1.82, 2.24) is 0 Å². The van der Waals surface area contributed by atoms with E-state index >= 15 is 0 Å². The van der Waals surface area contributed by atoms with E-state index in [0.717, 1.165) is 22.1 Å². The van der Waals surface area contributed by atoms with Crippen molar-refractivity contribution >= 4 is 22.4 Å². The number of para-hydroxylation sites is 2. The predicted molar refractivity (Wildman–Crippen MR) is 127 cm³/mol. The fraction of sp³-hybridized carbons (Fsp3) is 0.148. The van der Waals surface area contributed by atoms with Gasteiger partial charge in [-0.3, -0.25) is 4.79 Å². The minimum Gasteiger partial charge on any atom is -0.496 e. The van der Waals surface area contributed by atoms with Crippen molar-refractivity contribution < 1.29 is 19.0 Å². The molecule has 0 atom stereocenters. The summed E-state index contributed by atoms with van der Waals surface area (Å²) in [7, 11) is 1.61. The molecular weight excluding hydrogens is 402 g/mol. The van der Waals surface area contributed by atoms with Gasteiger partial charge in [-0.1, -0.05) is 48.5 Å². The molecule has 0 radical (unpaired) electrons. The number of rotatable bonds is 8. The first-order valence-electron chi connectivity index (χ1n) is 10.5. The molecule has 0 fully saturated rings. The smallest absolute Gasteiger partial charge is 0.255 e. The molecule has 0 saturated heterocycles. The van der Waals surface area contributed by atoms with Crippen LogP contribution in [0.4, 0.5) is 5.69 Å². The van der Waals surface area contributed by atoms with Gasteiger partial charge in [-0.15, -0.1) is 0 Å². The Hall–Kier alpha value is -3.99. The molecule has 0 aromatic heterocycles. The van der Waals surface area contributed by atoms with Gasteiger partial charge in [-0.25, -0.2) is 0 Å². The van der Waals surface area contributed by atoms with Gasteiger partial charge in [0.15, 0.2) is 0 Å². The average Bonchev–Trinajstić information content (AvgIpc) is 2.84. The number of nitrogens with one attached hydrogen (secondary N) is 1. The van der Waals surface area contributed by atoms with Crippen LogP contribution in [0.25, 0.3) is 10.8 Å². The van der Waals surface area contributed by atoms with E-state index in [1.165, 1.54) is 0 Å². The summed E-state index contributed by atoms with van der Waals surface area (Å²) < 4.78 is 17.2. The number of methoxy groups -OCH3 is 1. The summed E-state index contributed by atoms with van der Waals surface area (Å²) in [6.07, 6.45) is 0. The molecule has 0 aliphatic carbocycles. The topological polar surface area (TPSA) is 56.8 Å². The molecule has 1 N–H and O–H groups in total. The Bertz CT molecular complexity index is 1230. The maximum absolute atomic E-state index is 12.9. The number of ether oxygens (including phenoxy) is 3. The summed E-state index contributed by atoms with van der Waals surface area (Å²) >= 11 is 0. The minimum absolute atomic E-state index is 0.230. The van der Waals surface area contributed by atoms with Crippen LogP contribution >= 0.6 is 0 Å². The zero-order valence-electron chi connectivity index (χ0n) is 18.1. The maximum atomic E-state index is 12.9. The summed E-state index contributed by atoms with van der Waals surface area (Å²) in [5.74, 6) is 1.85. The summed E-state index contributed by atoms with van der Waals surface area (Å²) in [6.45, 7) is 2.70. The normalized spacial score (nSPS) is 10.6. The second-order valence-electron chi connectivity index (χ2n) is 7.18. The summed E-state index contributed by atoms with van der Waals surface area (Å²) in [5, 5.41) is 5.08. The minimum atomic E-state index is -0.230. The van der Waals surface area contributed by atoms with Gasteiger partial charge >= 0.3 is 0 Å². The number of amides is 1. The lowest BCUT2D eigenvalue weighted by molar-refractivity contribution is 0.102.